The number of carbonyl (C=O) groups excluding carboxylic acids is 2. The van der Waals surface area contributed by atoms with Gasteiger partial charge in [0.2, 0.25) is 5.91 Å². The molecule has 9 heteroatoms. The van der Waals surface area contributed by atoms with Gasteiger partial charge in [-0.3, -0.25) is 23.6 Å². The van der Waals surface area contributed by atoms with Crippen LogP contribution in [-0.2, 0) is 23.2 Å². The van der Waals surface area contributed by atoms with Gasteiger partial charge < -0.3 is 10.1 Å². The number of unbranched alkanes of at least 4 members (excludes halogenated alkanes) is 4. The monoisotopic (exact) mass is 570 g/mol. The van der Waals surface area contributed by atoms with Crippen LogP contribution in [0.15, 0.2) is 47.3 Å². The molecule has 0 saturated carbocycles. The summed E-state index contributed by atoms with van der Waals surface area (Å²) in [5.41, 5.74) is 2.93. The van der Waals surface area contributed by atoms with Crippen molar-refractivity contribution in [1.82, 2.24) is 14.0 Å². The molecule has 1 atom stereocenters. The van der Waals surface area contributed by atoms with Crippen molar-refractivity contribution in [2.45, 2.75) is 57.5 Å². The van der Waals surface area contributed by atoms with Crippen LogP contribution in [0.2, 0.25) is 0 Å². The Hall–Kier alpha value is -3.07. The molecule has 1 fully saturated rings. The maximum Gasteiger partial charge on any atom is 0.329 e. The van der Waals surface area contributed by atoms with E-state index in [2.05, 4.69) is 21.2 Å². The molecule has 0 aliphatic carbocycles. The Bertz CT molecular complexity index is 1300. The van der Waals surface area contributed by atoms with E-state index in [-0.39, 0.29) is 30.5 Å². The van der Waals surface area contributed by atoms with Crippen LogP contribution >= 0.6 is 15.9 Å². The standard InChI is InChI=1S/C28H35BrN4O4/c1-31-26-22(30-18-7-5-3-4-6-17-29)9-8-10-23(26)33(28(31)36)24-15-16-25(34)32(27(24)35)19-20-11-13-21(37-2)14-12-20/h8-14,24,30H,3-7,15-19H2,1-2H3. The summed E-state index contributed by atoms with van der Waals surface area (Å²) in [4.78, 5) is 41.0. The van der Waals surface area contributed by atoms with Crippen LogP contribution in [0, 0.1) is 0 Å². The number of benzene rings is 2. The Labute approximate surface area is 225 Å². The lowest BCUT2D eigenvalue weighted by Gasteiger charge is -2.31. The molecule has 0 spiro atoms. The number of hydrogen-bond donors (Lipinski definition) is 1. The quantitative estimate of drug-likeness (QED) is 0.188. The molecule has 37 heavy (non-hydrogen) atoms. The molecule has 1 N–H and O–H groups in total. The van der Waals surface area contributed by atoms with E-state index in [1.807, 2.05) is 30.3 Å². The summed E-state index contributed by atoms with van der Waals surface area (Å²) in [5.74, 6) is 0.145. The number of amides is 2. The van der Waals surface area contributed by atoms with Crippen molar-refractivity contribution < 1.29 is 14.3 Å². The zero-order valence-electron chi connectivity index (χ0n) is 21.5. The molecule has 2 heterocycles. The number of piperidine rings is 1. The van der Waals surface area contributed by atoms with Gasteiger partial charge in [-0.2, -0.15) is 0 Å². The number of alkyl halides is 1. The SMILES string of the molecule is COc1ccc(CN2C(=O)CCC(n3c(=O)n(C)c4c(NCCCCCCCBr)cccc43)C2=O)cc1. The summed E-state index contributed by atoms with van der Waals surface area (Å²) in [6.07, 6.45) is 6.37. The molecule has 2 aromatic carbocycles. The van der Waals surface area contributed by atoms with Gasteiger partial charge >= 0.3 is 5.69 Å². The zero-order chi connectivity index (χ0) is 26.4. The average molecular weight is 572 g/mol. The van der Waals surface area contributed by atoms with E-state index >= 15 is 0 Å². The molecule has 1 unspecified atom stereocenters. The van der Waals surface area contributed by atoms with E-state index in [1.165, 1.54) is 24.2 Å². The van der Waals surface area contributed by atoms with Crippen molar-refractivity contribution in [2.75, 3.05) is 24.3 Å². The predicted octanol–water partition coefficient (Wildman–Crippen LogP) is 5.00. The first-order chi connectivity index (χ1) is 18.0. The number of rotatable bonds is 12. The Balaban J connectivity index is 1.54. The Kier molecular flexibility index (Phi) is 9.08. The van der Waals surface area contributed by atoms with Gasteiger partial charge in [-0.25, -0.2) is 4.79 Å². The zero-order valence-corrected chi connectivity index (χ0v) is 23.1. The summed E-state index contributed by atoms with van der Waals surface area (Å²) in [6, 6.07) is 12.3. The van der Waals surface area contributed by atoms with E-state index in [0.717, 1.165) is 41.5 Å². The molecule has 8 nitrogen and oxygen atoms in total. The second kappa shape index (κ2) is 12.4. The number of anilines is 1. The van der Waals surface area contributed by atoms with Crippen LogP contribution in [0.1, 0.15) is 56.6 Å². The predicted molar refractivity (Wildman–Crippen MR) is 149 cm³/mol. The van der Waals surface area contributed by atoms with Crippen molar-refractivity contribution >= 4 is 44.5 Å². The Morgan fingerprint density at radius 2 is 1.73 bits per heavy atom. The van der Waals surface area contributed by atoms with Crippen LogP contribution < -0.4 is 15.7 Å². The van der Waals surface area contributed by atoms with E-state index in [1.54, 1.807) is 35.4 Å². The van der Waals surface area contributed by atoms with Crippen molar-refractivity contribution in [3.63, 3.8) is 0 Å². The number of hydrogen-bond acceptors (Lipinski definition) is 5. The van der Waals surface area contributed by atoms with E-state index in [0.29, 0.717) is 17.7 Å². The minimum Gasteiger partial charge on any atom is -0.497 e. The van der Waals surface area contributed by atoms with E-state index in [9.17, 15) is 14.4 Å². The highest BCUT2D eigenvalue weighted by Crippen LogP contribution is 2.30. The Morgan fingerprint density at radius 3 is 2.46 bits per heavy atom. The average Bonchev–Trinajstić information content (AvgIpc) is 3.16. The molecule has 3 aromatic rings. The van der Waals surface area contributed by atoms with Crippen LogP contribution in [0.5, 0.6) is 5.75 Å². The molecule has 1 aliphatic rings. The first kappa shape index (κ1) is 27.0. The summed E-state index contributed by atoms with van der Waals surface area (Å²) < 4.78 is 8.37. The first-order valence-corrected chi connectivity index (χ1v) is 14.0. The van der Waals surface area contributed by atoms with Crippen molar-refractivity contribution in [2.24, 2.45) is 7.05 Å². The lowest BCUT2D eigenvalue weighted by Crippen LogP contribution is -2.47. The molecule has 198 valence electrons. The van der Waals surface area contributed by atoms with Crippen LogP contribution in [0.25, 0.3) is 11.0 Å². The smallest absolute Gasteiger partial charge is 0.329 e. The molecule has 1 saturated heterocycles. The third-order valence-electron chi connectivity index (χ3n) is 7.02. The summed E-state index contributed by atoms with van der Waals surface area (Å²) in [7, 11) is 3.33. The fourth-order valence-electron chi connectivity index (χ4n) is 5.00. The third kappa shape index (κ3) is 5.92. The molecule has 0 radical (unpaired) electrons. The highest BCUT2D eigenvalue weighted by molar-refractivity contribution is 9.09. The number of methoxy groups -OCH3 is 1. The van der Waals surface area contributed by atoms with Gasteiger partial charge in [0.15, 0.2) is 0 Å². The van der Waals surface area contributed by atoms with Crippen molar-refractivity contribution in [1.29, 1.82) is 0 Å². The maximum absolute atomic E-state index is 13.6. The number of aryl methyl sites for hydroxylation is 1. The fraction of sp³-hybridized carbons (Fsp3) is 0.464. The topological polar surface area (TPSA) is 85.6 Å². The van der Waals surface area contributed by atoms with Crippen LogP contribution in [0.3, 0.4) is 0 Å². The molecular weight excluding hydrogens is 536 g/mol. The highest BCUT2D eigenvalue weighted by Gasteiger charge is 2.37. The van der Waals surface area contributed by atoms with Gasteiger partial charge in [-0.1, -0.05) is 53.4 Å². The minimum absolute atomic E-state index is 0.167. The highest BCUT2D eigenvalue weighted by atomic mass is 79.9. The van der Waals surface area contributed by atoms with Gasteiger partial charge in [-0.05, 0) is 49.1 Å². The van der Waals surface area contributed by atoms with Gasteiger partial charge in [-0.15, -0.1) is 0 Å². The number of aromatic nitrogens is 2. The lowest BCUT2D eigenvalue weighted by atomic mass is 10.0. The van der Waals surface area contributed by atoms with Crippen molar-refractivity contribution in [3.05, 3.63) is 58.5 Å². The Morgan fingerprint density at radius 1 is 1.00 bits per heavy atom. The summed E-state index contributed by atoms with van der Waals surface area (Å²) in [5, 5.41) is 4.54. The number of likely N-dealkylation sites (tertiary alicyclic amines) is 1. The lowest BCUT2D eigenvalue weighted by molar-refractivity contribution is -0.151. The molecule has 2 amide bonds. The number of carbonyl (C=O) groups is 2. The third-order valence-corrected chi connectivity index (χ3v) is 7.58. The van der Waals surface area contributed by atoms with Gasteiger partial charge in [0.1, 0.15) is 11.8 Å². The van der Waals surface area contributed by atoms with Crippen LogP contribution in [0.4, 0.5) is 5.69 Å². The minimum atomic E-state index is -0.725. The number of ether oxygens (including phenoxy) is 1. The molecule has 1 aromatic heterocycles. The number of para-hydroxylation sites is 1. The second-order valence-electron chi connectivity index (χ2n) is 9.49. The number of nitrogens with one attached hydrogen (secondary N) is 1. The molecule has 0 bridgehead atoms. The second-order valence-corrected chi connectivity index (χ2v) is 10.3. The number of halogens is 1. The molecule has 1 aliphatic heterocycles. The van der Waals surface area contributed by atoms with Crippen LogP contribution in [-0.4, -0.2) is 44.8 Å². The maximum atomic E-state index is 13.6. The van der Waals surface area contributed by atoms with Gasteiger partial charge in [0, 0.05) is 25.3 Å². The molecular formula is C28H35BrN4O4. The van der Waals surface area contributed by atoms with Gasteiger partial charge in [0.25, 0.3) is 5.91 Å². The molecule has 4 rings (SSSR count). The summed E-state index contributed by atoms with van der Waals surface area (Å²) in [6.45, 7) is 0.986. The van der Waals surface area contributed by atoms with Crippen molar-refractivity contribution in [3.8, 4) is 5.75 Å². The largest absolute Gasteiger partial charge is 0.497 e. The van der Waals surface area contributed by atoms with E-state index < -0.39 is 6.04 Å². The summed E-state index contributed by atoms with van der Waals surface area (Å²) >= 11 is 3.47. The number of imidazole rings is 1. The number of fused-ring (bicyclic) bond motifs is 1. The number of imide groups is 1. The van der Waals surface area contributed by atoms with E-state index in [4.69, 9.17) is 4.74 Å². The normalized spacial score (nSPS) is 16.0. The van der Waals surface area contributed by atoms with Gasteiger partial charge in [0.05, 0.1) is 30.4 Å². The number of nitrogens with zero attached hydrogens (tertiary/aromatic N) is 3. The first-order valence-electron chi connectivity index (χ1n) is 12.9. The fourth-order valence-corrected chi connectivity index (χ4v) is 5.39.